The van der Waals surface area contributed by atoms with Crippen LogP contribution in [0, 0.1) is 0 Å². The molecule has 9 heteroatoms. The normalized spacial score (nSPS) is 11.5. The summed E-state index contributed by atoms with van der Waals surface area (Å²) in [6.45, 7) is 0. The average molecular weight is 322 g/mol. The average Bonchev–Trinajstić information content (AvgIpc) is 2.64. The van der Waals surface area contributed by atoms with Crippen LogP contribution >= 0.6 is 23.2 Å². The van der Waals surface area contributed by atoms with E-state index in [1.165, 1.54) is 31.4 Å². The fourth-order valence-corrected chi connectivity index (χ4v) is 3.37. The van der Waals surface area contributed by atoms with Crippen LogP contribution in [0.4, 0.5) is 5.69 Å². The molecule has 0 saturated heterocycles. The third-order valence-electron chi connectivity index (χ3n) is 2.30. The molecule has 0 aliphatic rings. The van der Waals surface area contributed by atoms with Gasteiger partial charge in [0.2, 0.25) is 0 Å². The molecule has 2 N–H and O–H groups in total. The van der Waals surface area contributed by atoms with E-state index in [1.54, 1.807) is 0 Å². The Hall–Kier alpha value is -1.44. The summed E-state index contributed by atoms with van der Waals surface area (Å²) in [5.74, 6) is -0.136. The number of hydrogen-bond acceptors (Lipinski definition) is 4. The minimum absolute atomic E-state index is 0.0138. The molecular formula is C10H9Cl2N3O3S. The van der Waals surface area contributed by atoms with Crippen LogP contribution in [0.5, 0.6) is 5.75 Å². The lowest BCUT2D eigenvalue weighted by atomic mass is 10.3. The number of phenols is 1. The van der Waals surface area contributed by atoms with Crippen molar-refractivity contribution in [3.8, 4) is 5.75 Å². The molecule has 0 aliphatic heterocycles. The van der Waals surface area contributed by atoms with Gasteiger partial charge in [0.1, 0.15) is 5.75 Å². The summed E-state index contributed by atoms with van der Waals surface area (Å²) in [5.41, 5.74) is 0.208. The Morgan fingerprint density at radius 3 is 2.53 bits per heavy atom. The van der Waals surface area contributed by atoms with Gasteiger partial charge >= 0.3 is 0 Å². The van der Waals surface area contributed by atoms with Crippen molar-refractivity contribution in [1.82, 2.24) is 9.78 Å². The van der Waals surface area contributed by atoms with Gasteiger partial charge in [0.05, 0.1) is 21.9 Å². The largest absolute Gasteiger partial charge is 0.506 e. The van der Waals surface area contributed by atoms with Gasteiger partial charge in [-0.2, -0.15) is 13.5 Å². The molecule has 0 radical (unpaired) electrons. The first-order valence-corrected chi connectivity index (χ1v) is 7.24. The van der Waals surface area contributed by atoms with Gasteiger partial charge in [-0.25, -0.2) is 0 Å². The van der Waals surface area contributed by atoms with Gasteiger partial charge in [-0.3, -0.25) is 9.40 Å². The van der Waals surface area contributed by atoms with Crippen LogP contribution in [-0.4, -0.2) is 23.3 Å². The van der Waals surface area contributed by atoms with Crippen LogP contribution in [0.25, 0.3) is 0 Å². The minimum Gasteiger partial charge on any atom is -0.506 e. The van der Waals surface area contributed by atoms with E-state index >= 15 is 0 Å². The predicted molar refractivity (Wildman–Crippen MR) is 72.1 cm³/mol. The maximum absolute atomic E-state index is 12.1. The van der Waals surface area contributed by atoms with Crippen molar-refractivity contribution in [2.75, 3.05) is 4.72 Å². The third kappa shape index (κ3) is 2.78. The molecule has 2 aromatic rings. The topological polar surface area (TPSA) is 84.2 Å². The van der Waals surface area contributed by atoms with Gasteiger partial charge < -0.3 is 5.11 Å². The molecule has 0 saturated carbocycles. The summed E-state index contributed by atoms with van der Waals surface area (Å²) in [6.07, 6.45) is 1.24. The summed E-state index contributed by atoms with van der Waals surface area (Å²) in [7, 11) is -2.42. The molecule has 0 bridgehead atoms. The first-order valence-electron chi connectivity index (χ1n) is 5.00. The van der Waals surface area contributed by atoms with Crippen molar-refractivity contribution in [2.24, 2.45) is 7.05 Å². The zero-order chi connectivity index (χ0) is 14.2. The molecule has 1 aromatic heterocycles. The van der Waals surface area contributed by atoms with E-state index in [1.807, 2.05) is 0 Å². The Bertz CT molecular complexity index is 708. The van der Waals surface area contributed by atoms with Gasteiger partial charge in [0, 0.05) is 7.05 Å². The SMILES string of the molecule is Cn1ncc(Cl)c1S(=O)(=O)Nc1ccc(O)c(Cl)c1. The van der Waals surface area contributed by atoms with Gasteiger partial charge in [0.25, 0.3) is 10.0 Å². The highest BCUT2D eigenvalue weighted by molar-refractivity contribution is 7.92. The quantitative estimate of drug-likeness (QED) is 0.849. The summed E-state index contributed by atoms with van der Waals surface area (Å²) < 4.78 is 27.7. The molecule has 0 aliphatic carbocycles. The molecule has 0 spiro atoms. The fourth-order valence-electron chi connectivity index (χ4n) is 1.48. The van der Waals surface area contributed by atoms with Crippen molar-refractivity contribution in [2.45, 2.75) is 5.03 Å². The number of aromatic nitrogens is 2. The molecule has 1 heterocycles. The van der Waals surface area contributed by atoms with Crippen molar-refractivity contribution < 1.29 is 13.5 Å². The molecule has 0 unspecified atom stereocenters. The van der Waals surface area contributed by atoms with E-state index in [0.717, 1.165) is 4.68 Å². The van der Waals surface area contributed by atoms with Crippen LogP contribution in [0.3, 0.4) is 0 Å². The highest BCUT2D eigenvalue weighted by Crippen LogP contribution is 2.28. The number of aromatic hydroxyl groups is 1. The van der Waals surface area contributed by atoms with E-state index in [-0.39, 0.29) is 26.5 Å². The highest BCUT2D eigenvalue weighted by atomic mass is 35.5. The standard InChI is InChI=1S/C10H9Cl2N3O3S/c1-15-10(8(12)5-13-15)19(17,18)14-6-2-3-9(16)7(11)4-6/h2-5,14,16H,1H3. The first-order chi connectivity index (χ1) is 8.81. The van der Waals surface area contributed by atoms with E-state index in [0.29, 0.717) is 0 Å². The molecule has 0 atom stereocenters. The summed E-state index contributed by atoms with van der Waals surface area (Å²) in [6, 6.07) is 3.95. The maximum Gasteiger partial charge on any atom is 0.280 e. The first kappa shape index (κ1) is 14.0. The van der Waals surface area contributed by atoms with Gasteiger partial charge in [-0.15, -0.1) is 0 Å². The smallest absolute Gasteiger partial charge is 0.280 e. The van der Waals surface area contributed by atoms with Crippen molar-refractivity contribution in [3.05, 3.63) is 34.4 Å². The van der Waals surface area contributed by atoms with Crippen molar-refractivity contribution >= 4 is 38.9 Å². The van der Waals surface area contributed by atoms with Crippen molar-refractivity contribution in [1.29, 1.82) is 0 Å². The molecule has 0 fully saturated rings. The molecule has 102 valence electrons. The Morgan fingerprint density at radius 2 is 2.00 bits per heavy atom. The van der Waals surface area contributed by atoms with Crippen LogP contribution in [0.1, 0.15) is 0 Å². The number of rotatable bonds is 3. The second kappa shape index (κ2) is 4.92. The van der Waals surface area contributed by atoms with E-state index in [2.05, 4.69) is 9.82 Å². The number of nitrogens with zero attached hydrogens (tertiary/aromatic N) is 2. The number of phenolic OH excluding ortho intramolecular Hbond substituents is 1. The van der Waals surface area contributed by atoms with Gasteiger partial charge in [-0.1, -0.05) is 23.2 Å². The fraction of sp³-hybridized carbons (Fsp3) is 0.100. The lowest BCUT2D eigenvalue weighted by Crippen LogP contribution is -2.17. The number of aryl methyl sites for hydroxylation is 1. The van der Waals surface area contributed by atoms with E-state index < -0.39 is 10.0 Å². The van der Waals surface area contributed by atoms with Crippen LogP contribution < -0.4 is 4.72 Å². The summed E-state index contributed by atoms with van der Waals surface area (Å²) in [5, 5.41) is 12.9. The Labute approximate surface area is 119 Å². The second-order valence-corrected chi connectivity index (χ2v) is 6.11. The summed E-state index contributed by atoms with van der Waals surface area (Å²) >= 11 is 11.5. The van der Waals surface area contributed by atoms with Gasteiger partial charge in [-0.05, 0) is 18.2 Å². The van der Waals surface area contributed by atoms with Gasteiger partial charge in [0.15, 0.2) is 5.03 Å². The molecule has 19 heavy (non-hydrogen) atoms. The molecular weight excluding hydrogens is 313 g/mol. The Balaban J connectivity index is 2.39. The maximum atomic E-state index is 12.1. The number of sulfonamides is 1. The molecule has 1 aromatic carbocycles. The molecule has 2 rings (SSSR count). The zero-order valence-corrected chi connectivity index (χ0v) is 12.0. The number of benzene rings is 1. The van der Waals surface area contributed by atoms with Crippen LogP contribution in [0.15, 0.2) is 29.4 Å². The lowest BCUT2D eigenvalue weighted by molar-refractivity contribution is 0.475. The minimum atomic E-state index is -3.88. The number of anilines is 1. The zero-order valence-electron chi connectivity index (χ0n) is 9.63. The predicted octanol–water partition coefficient (Wildman–Crippen LogP) is 2.23. The highest BCUT2D eigenvalue weighted by Gasteiger charge is 2.23. The molecule has 6 nitrogen and oxygen atoms in total. The Morgan fingerprint density at radius 1 is 1.32 bits per heavy atom. The monoisotopic (exact) mass is 321 g/mol. The van der Waals surface area contributed by atoms with Crippen LogP contribution in [0.2, 0.25) is 10.0 Å². The van der Waals surface area contributed by atoms with Crippen molar-refractivity contribution in [3.63, 3.8) is 0 Å². The lowest BCUT2D eigenvalue weighted by Gasteiger charge is -2.09. The molecule has 0 amide bonds. The number of nitrogens with one attached hydrogen (secondary N) is 1. The van der Waals surface area contributed by atoms with E-state index in [9.17, 15) is 13.5 Å². The third-order valence-corrected chi connectivity index (χ3v) is 4.49. The Kier molecular flexibility index (Phi) is 3.62. The van der Waals surface area contributed by atoms with E-state index in [4.69, 9.17) is 23.2 Å². The number of hydrogen-bond donors (Lipinski definition) is 2. The number of halogens is 2. The summed E-state index contributed by atoms with van der Waals surface area (Å²) in [4.78, 5) is 0. The van der Waals surface area contributed by atoms with Crippen LogP contribution in [-0.2, 0) is 17.1 Å². The second-order valence-electron chi connectivity index (χ2n) is 3.69.